The molecular formula is C41H39Cl2OSiZr. The fraction of sp³-hybridized carbons (Fsp3) is 0.195. The average molecular weight is 738 g/mol. The van der Waals surface area contributed by atoms with Gasteiger partial charge in [-0.3, -0.25) is 0 Å². The third-order valence-corrected chi connectivity index (χ3v) is 15.0. The summed E-state index contributed by atoms with van der Waals surface area (Å²) in [5, 5.41) is 7.28. The summed E-state index contributed by atoms with van der Waals surface area (Å²) in [6.07, 6.45) is 0. The minimum Gasteiger partial charge on any atom is -1.00 e. The van der Waals surface area contributed by atoms with Crippen molar-refractivity contribution in [1.29, 1.82) is 0 Å². The van der Waals surface area contributed by atoms with Crippen LogP contribution in [0.15, 0.2) is 131 Å². The number of hydrogen-bond acceptors (Lipinski definition) is 1. The van der Waals surface area contributed by atoms with Crippen LogP contribution in [-0.2, 0) is 31.6 Å². The molecule has 1 nitrogen and oxygen atoms in total. The minimum atomic E-state index is -1.94. The number of rotatable bonds is 3. The van der Waals surface area contributed by atoms with Gasteiger partial charge in [0.1, 0.15) is 11.5 Å². The number of furan rings is 1. The fourth-order valence-corrected chi connectivity index (χ4v) is 13.4. The molecule has 6 aromatic rings. The van der Waals surface area contributed by atoms with Crippen LogP contribution in [0, 0.1) is 13.8 Å². The van der Waals surface area contributed by atoms with Gasteiger partial charge >= 0.3 is 26.2 Å². The Hall–Kier alpha value is -2.81. The van der Waals surface area contributed by atoms with E-state index in [2.05, 4.69) is 163 Å². The summed E-state index contributed by atoms with van der Waals surface area (Å²) in [6, 6.07) is 44.5. The first kappa shape index (κ1) is 36.0. The van der Waals surface area contributed by atoms with Crippen molar-refractivity contribution < 1.29 is 55.4 Å². The quantitative estimate of drug-likeness (QED) is 0.200. The van der Waals surface area contributed by atoms with E-state index in [4.69, 9.17) is 4.42 Å². The van der Waals surface area contributed by atoms with E-state index in [1.807, 2.05) is 0 Å². The van der Waals surface area contributed by atoms with Crippen LogP contribution in [0.25, 0.3) is 27.1 Å². The maximum absolute atomic E-state index is 6.14. The van der Waals surface area contributed by atoms with Crippen LogP contribution in [-0.4, -0.2) is 8.07 Å². The molecule has 0 fully saturated rings. The topological polar surface area (TPSA) is 13.1 Å². The Labute approximate surface area is 306 Å². The SMILES string of the molecule is CC1=C2c3cc(C)oc3C1[Si]2(c1ccccc1)c1ccccc1.Cc1cc2c(-c3ccc(C(C)(C)C)cc3)cccc2[cH-]1.[Cl-].[Cl-].[Zr+3]. The van der Waals surface area contributed by atoms with Gasteiger partial charge in [0.2, 0.25) is 0 Å². The molecule has 231 valence electrons. The molecular weight excluding hydrogens is 699 g/mol. The van der Waals surface area contributed by atoms with Gasteiger partial charge in [0.15, 0.2) is 8.07 Å². The molecule has 0 N–H and O–H groups in total. The predicted molar refractivity (Wildman–Crippen MR) is 185 cm³/mol. The zero-order valence-corrected chi connectivity index (χ0v) is 32.3. The van der Waals surface area contributed by atoms with E-state index in [-0.39, 0.29) is 56.4 Å². The molecule has 2 aliphatic heterocycles. The molecule has 5 aromatic carbocycles. The average Bonchev–Trinajstić information content (AvgIpc) is 3.71. The molecule has 1 unspecified atom stereocenters. The van der Waals surface area contributed by atoms with Crippen molar-refractivity contribution in [1.82, 2.24) is 0 Å². The number of aryl methyl sites for hydroxylation is 2. The van der Waals surface area contributed by atoms with Crippen LogP contribution >= 0.6 is 0 Å². The molecule has 5 heteroatoms. The van der Waals surface area contributed by atoms with Crippen molar-refractivity contribution in [2.45, 2.75) is 52.5 Å². The number of hydrogen-bond donors (Lipinski definition) is 0. The molecule has 46 heavy (non-hydrogen) atoms. The molecule has 1 aromatic heterocycles. The standard InChI is InChI=1S/C21H18OSi.C20H21.2ClH.Zr/c1-14-13-18-19(22-14)21-15(2)20(18)23(21,16-9-5-3-6-10-16)17-11-7-4-8-12-17;1-14-12-16-6-5-7-18(19(16)13-14)15-8-10-17(11-9-15)20(2,3)4;;;/h3-13,21H,1-2H3;5-13H,1-4H3;2*1H;/q;-1;;;+3/p-2. The zero-order chi connectivity index (χ0) is 29.9. The Morgan fingerprint density at radius 3 is 1.80 bits per heavy atom. The monoisotopic (exact) mass is 735 g/mol. The second-order valence-electron chi connectivity index (χ2n) is 13.3. The van der Waals surface area contributed by atoms with Crippen molar-refractivity contribution in [3.63, 3.8) is 0 Å². The number of halogens is 2. The van der Waals surface area contributed by atoms with E-state index < -0.39 is 8.07 Å². The number of benzene rings is 4. The molecule has 0 saturated carbocycles. The molecule has 8 rings (SSSR count). The summed E-state index contributed by atoms with van der Waals surface area (Å²) in [6.45, 7) is 13.3. The van der Waals surface area contributed by atoms with Crippen LogP contribution < -0.4 is 35.2 Å². The van der Waals surface area contributed by atoms with Gasteiger partial charge in [-0.15, -0.1) is 34.5 Å². The van der Waals surface area contributed by atoms with Gasteiger partial charge < -0.3 is 29.2 Å². The molecule has 0 amide bonds. The molecule has 1 radical (unpaired) electrons. The van der Waals surface area contributed by atoms with E-state index in [1.54, 1.807) is 5.20 Å². The molecule has 0 saturated heterocycles. The van der Waals surface area contributed by atoms with Crippen LogP contribution in [0.2, 0.25) is 0 Å². The van der Waals surface area contributed by atoms with Gasteiger partial charge in [0.05, 0.1) is 0 Å². The van der Waals surface area contributed by atoms with Crippen molar-refractivity contribution in [3.8, 4) is 11.1 Å². The van der Waals surface area contributed by atoms with Gasteiger partial charge in [-0.25, -0.2) is 0 Å². The van der Waals surface area contributed by atoms with Crippen LogP contribution in [0.1, 0.15) is 61.4 Å². The second-order valence-corrected chi connectivity index (χ2v) is 17.2. The molecule has 2 bridgehead atoms. The van der Waals surface area contributed by atoms with Crippen LogP contribution in [0.5, 0.6) is 0 Å². The van der Waals surface area contributed by atoms with Gasteiger partial charge in [-0.2, -0.15) is 6.07 Å². The second kappa shape index (κ2) is 13.7. The molecule has 0 aliphatic carbocycles. The number of fused-ring (bicyclic) bond motifs is 6. The summed E-state index contributed by atoms with van der Waals surface area (Å²) in [7, 11) is -1.94. The summed E-state index contributed by atoms with van der Waals surface area (Å²) in [5.41, 5.74) is 8.92. The third kappa shape index (κ3) is 5.79. The van der Waals surface area contributed by atoms with Gasteiger partial charge in [0.25, 0.3) is 0 Å². The number of allylic oxidation sites excluding steroid dienone is 1. The Bertz CT molecular complexity index is 1940. The first-order valence-electron chi connectivity index (χ1n) is 15.4. The third-order valence-electron chi connectivity index (χ3n) is 9.49. The maximum atomic E-state index is 6.14. The largest absolute Gasteiger partial charge is 3.00 e. The van der Waals surface area contributed by atoms with Gasteiger partial charge in [-0.05, 0) is 52.0 Å². The maximum Gasteiger partial charge on any atom is 3.00 e. The smallest absolute Gasteiger partial charge is 1.00 e. The predicted octanol–water partition coefficient (Wildman–Crippen LogP) is 3.65. The Kier molecular flexibility index (Phi) is 10.8. The molecule has 1 atom stereocenters. The summed E-state index contributed by atoms with van der Waals surface area (Å²) in [4.78, 5) is 0. The normalized spacial score (nSPS) is 15.4. The summed E-state index contributed by atoms with van der Waals surface area (Å²) in [5.74, 6) is 2.25. The first-order chi connectivity index (χ1) is 20.7. The minimum absolute atomic E-state index is 0. The zero-order valence-electron chi connectivity index (χ0n) is 27.3. The van der Waals surface area contributed by atoms with E-state index >= 15 is 0 Å². The van der Waals surface area contributed by atoms with E-state index in [1.165, 1.54) is 60.3 Å². The van der Waals surface area contributed by atoms with E-state index in [0.717, 1.165) is 5.76 Å². The Balaban J connectivity index is 0.000000198. The van der Waals surface area contributed by atoms with Crippen molar-refractivity contribution in [2.24, 2.45) is 0 Å². The van der Waals surface area contributed by atoms with Crippen molar-refractivity contribution in [2.75, 3.05) is 0 Å². The molecule has 0 spiro atoms. The van der Waals surface area contributed by atoms with Crippen molar-refractivity contribution in [3.05, 3.63) is 155 Å². The van der Waals surface area contributed by atoms with E-state index in [0.29, 0.717) is 5.54 Å². The summed E-state index contributed by atoms with van der Waals surface area (Å²) >= 11 is 0. The van der Waals surface area contributed by atoms with Gasteiger partial charge in [-0.1, -0.05) is 130 Å². The van der Waals surface area contributed by atoms with Gasteiger partial charge in [0, 0.05) is 11.1 Å². The summed E-state index contributed by atoms with van der Waals surface area (Å²) < 4.78 is 6.14. The first-order valence-corrected chi connectivity index (χ1v) is 17.5. The van der Waals surface area contributed by atoms with E-state index in [9.17, 15) is 0 Å². The molecule has 2 aliphatic rings. The fourth-order valence-electron chi connectivity index (χ4n) is 7.58. The Morgan fingerprint density at radius 1 is 0.674 bits per heavy atom. The molecule has 3 heterocycles. The van der Waals surface area contributed by atoms with Crippen molar-refractivity contribution >= 4 is 34.4 Å². The van der Waals surface area contributed by atoms with Crippen LogP contribution in [0.3, 0.4) is 0 Å². The Morgan fingerprint density at radius 2 is 1.26 bits per heavy atom. The van der Waals surface area contributed by atoms with Crippen LogP contribution in [0.4, 0.5) is 0 Å².